The zero-order valence-corrected chi connectivity index (χ0v) is 14.1. The van der Waals surface area contributed by atoms with Gasteiger partial charge in [0.2, 0.25) is 0 Å². The fraction of sp³-hybridized carbons (Fsp3) is 0.100. The van der Waals surface area contributed by atoms with E-state index in [-0.39, 0.29) is 11.7 Å². The van der Waals surface area contributed by atoms with Gasteiger partial charge in [0.25, 0.3) is 5.91 Å². The van der Waals surface area contributed by atoms with Crippen LogP contribution in [0, 0.1) is 13.8 Å². The number of phenols is 1. The summed E-state index contributed by atoms with van der Waals surface area (Å²) in [4.78, 5) is 12.0. The van der Waals surface area contributed by atoms with Crippen LogP contribution in [0.25, 0.3) is 5.69 Å². The highest BCUT2D eigenvalue weighted by Crippen LogP contribution is 2.19. The standard InChI is InChI=1S/C20H19N3O2/c1-14-11-17(15(2)23(14)18-8-4-3-5-9-18)13-21-22-20(25)16-7-6-10-19(24)12-16/h3-13,24H,1-2H3,(H,22,25)/b21-13+. The number of amides is 1. The number of benzene rings is 2. The van der Waals surface area contributed by atoms with E-state index in [9.17, 15) is 9.90 Å². The fourth-order valence-electron chi connectivity index (χ4n) is 2.76. The number of nitrogens with one attached hydrogen (secondary N) is 1. The van der Waals surface area contributed by atoms with Gasteiger partial charge in [0.05, 0.1) is 6.21 Å². The molecule has 3 aromatic rings. The SMILES string of the molecule is Cc1cc(/C=N/NC(=O)c2cccc(O)c2)c(C)n1-c1ccccc1. The molecule has 0 bridgehead atoms. The Kier molecular flexibility index (Phi) is 4.66. The number of phenolic OH excluding ortho intramolecular Hbond substituents is 1. The molecule has 1 aromatic heterocycles. The molecule has 126 valence electrons. The van der Waals surface area contributed by atoms with Crippen LogP contribution in [0.5, 0.6) is 5.75 Å². The highest BCUT2D eigenvalue weighted by molar-refractivity contribution is 5.95. The number of hydrazone groups is 1. The van der Waals surface area contributed by atoms with Crippen LogP contribution in [0.15, 0.2) is 65.8 Å². The predicted octanol–water partition coefficient (Wildman–Crippen LogP) is 3.56. The van der Waals surface area contributed by atoms with Crippen molar-refractivity contribution in [1.82, 2.24) is 9.99 Å². The van der Waals surface area contributed by atoms with E-state index in [0.717, 1.165) is 22.6 Å². The fourth-order valence-corrected chi connectivity index (χ4v) is 2.76. The Balaban J connectivity index is 1.77. The highest BCUT2D eigenvalue weighted by Gasteiger charge is 2.09. The Morgan fingerprint density at radius 1 is 1.08 bits per heavy atom. The maximum Gasteiger partial charge on any atom is 0.271 e. The second-order valence-electron chi connectivity index (χ2n) is 5.75. The monoisotopic (exact) mass is 333 g/mol. The summed E-state index contributed by atoms with van der Waals surface area (Å²) in [7, 11) is 0. The number of rotatable bonds is 4. The first-order valence-electron chi connectivity index (χ1n) is 7.93. The Hall–Kier alpha value is -3.34. The average molecular weight is 333 g/mol. The normalized spacial score (nSPS) is 11.0. The Morgan fingerprint density at radius 2 is 1.84 bits per heavy atom. The first-order valence-corrected chi connectivity index (χ1v) is 7.93. The summed E-state index contributed by atoms with van der Waals surface area (Å²) in [5.41, 5.74) is 6.97. The van der Waals surface area contributed by atoms with Crippen LogP contribution in [-0.2, 0) is 0 Å². The van der Waals surface area contributed by atoms with Crippen LogP contribution in [0.2, 0.25) is 0 Å². The quantitative estimate of drug-likeness (QED) is 0.566. The average Bonchev–Trinajstić information content (AvgIpc) is 2.89. The van der Waals surface area contributed by atoms with Gasteiger partial charge < -0.3 is 9.67 Å². The zero-order chi connectivity index (χ0) is 17.8. The smallest absolute Gasteiger partial charge is 0.271 e. The minimum atomic E-state index is -0.371. The number of hydrogen-bond donors (Lipinski definition) is 2. The molecule has 5 nitrogen and oxygen atoms in total. The van der Waals surface area contributed by atoms with Gasteiger partial charge in [-0.05, 0) is 50.2 Å². The van der Waals surface area contributed by atoms with Gasteiger partial charge in [-0.1, -0.05) is 24.3 Å². The molecule has 2 aromatic carbocycles. The molecule has 2 N–H and O–H groups in total. The molecular weight excluding hydrogens is 314 g/mol. The van der Waals surface area contributed by atoms with Crippen molar-refractivity contribution in [2.75, 3.05) is 0 Å². The first-order chi connectivity index (χ1) is 12.1. The topological polar surface area (TPSA) is 66.6 Å². The molecule has 1 heterocycles. The lowest BCUT2D eigenvalue weighted by Gasteiger charge is -2.08. The van der Waals surface area contributed by atoms with E-state index in [2.05, 4.69) is 15.1 Å². The lowest BCUT2D eigenvalue weighted by atomic mass is 10.2. The Morgan fingerprint density at radius 3 is 2.56 bits per heavy atom. The van der Waals surface area contributed by atoms with E-state index < -0.39 is 0 Å². The molecule has 1 amide bonds. The third-order valence-electron chi connectivity index (χ3n) is 3.96. The van der Waals surface area contributed by atoms with Gasteiger partial charge in [0.15, 0.2) is 0 Å². The molecule has 0 atom stereocenters. The zero-order valence-electron chi connectivity index (χ0n) is 14.1. The summed E-state index contributed by atoms with van der Waals surface area (Å²) in [6.45, 7) is 4.04. The van der Waals surface area contributed by atoms with E-state index in [1.54, 1.807) is 18.3 Å². The maximum absolute atomic E-state index is 12.0. The maximum atomic E-state index is 12.0. The van der Waals surface area contributed by atoms with Crippen molar-refractivity contribution in [2.24, 2.45) is 5.10 Å². The van der Waals surface area contributed by atoms with Gasteiger partial charge in [-0.2, -0.15) is 5.10 Å². The van der Waals surface area contributed by atoms with Crippen LogP contribution in [0.3, 0.4) is 0 Å². The molecule has 0 fully saturated rings. The molecule has 0 unspecified atom stereocenters. The molecule has 0 saturated carbocycles. The van der Waals surface area contributed by atoms with Crippen LogP contribution >= 0.6 is 0 Å². The molecule has 0 saturated heterocycles. The number of hydrogen-bond acceptors (Lipinski definition) is 3. The highest BCUT2D eigenvalue weighted by atomic mass is 16.3. The van der Waals surface area contributed by atoms with Crippen molar-refractivity contribution < 1.29 is 9.90 Å². The summed E-state index contributed by atoms with van der Waals surface area (Å²) in [5.74, 6) is -0.327. The van der Waals surface area contributed by atoms with E-state index in [1.807, 2.05) is 50.2 Å². The van der Waals surface area contributed by atoms with Crippen molar-refractivity contribution in [1.29, 1.82) is 0 Å². The van der Waals surface area contributed by atoms with Crippen LogP contribution in [-0.4, -0.2) is 21.8 Å². The summed E-state index contributed by atoms with van der Waals surface area (Å²) >= 11 is 0. The Labute approximate surface area is 146 Å². The van der Waals surface area contributed by atoms with E-state index in [4.69, 9.17) is 0 Å². The van der Waals surface area contributed by atoms with Crippen molar-refractivity contribution in [3.05, 3.63) is 83.2 Å². The number of aromatic nitrogens is 1. The van der Waals surface area contributed by atoms with Gasteiger partial charge in [-0.3, -0.25) is 4.79 Å². The molecule has 3 rings (SSSR count). The number of aromatic hydroxyl groups is 1. The van der Waals surface area contributed by atoms with Crippen LogP contribution in [0.1, 0.15) is 27.3 Å². The van der Waals surface area contributed by atoms with Gasteiger partial charge in [-0.25, -0.2) is 5.43 Å². The first kappa shape index (κ1) is 16.5. The summed E-state index contributed by atoms with van der Waals surface area (Å²) < 4.78 is 2.14. The number of para-hydroxylation sites is 1. The molecule has 0 aliphatic rings. The number of carbonyl (C=O) groups excluding carboxylic acids is 1. The van der Waals surface area contributed by atoms with Crippen molar-refractivity contribution in [2.45, 2.75) is 13.8 Å². The third kappa shape index (κ3) is 3.61. The lowest BCUT2D eigenvalue weighted by Crippen LogP contribution is -2.17. The molecule has 25 heavy (non-hydrogen) atoms. The number of nitrogens with zero attached hydrogens (tertiary/aromatic N) is 2. The minimum absolute atomic E-state index is 0.0445. The number of carbonyl (C=O) groups is 1. The molecular formula is C20H19N3O2. The van der Waals surface area contributed by atoms with Gasteiger partial charge in [0.1, 0.15) is 5.75 Å². The van der Waals surface area contributed by atoms with Crippen LogP contribution in [0.4, 0.5) is 0 Å². The molecule has 5 heteroatoms. The second kappa shape index (κ2) is 7.05. The minimum Gasteiger partial charge on any atom is -0.508 e. The van der Waals surface area contributed by atoms with Crippen molar-refractivity contribution >= 4 is 12.1 Å². The van der Waals surface area contributed by atoms with Crippen molar-refractivity contribution in [3.63, 3.8) is 0 Å². The van der Waals surface area contributed by atoms with Crippen LogP contribution < -0.4 is 5.43 Å². The van der Waals surface area contributed by atoms with E-state index in [1.165, 1.54) is 12.1 Å². The molecule has 0 spiro atoms. The summed E-state index contributed by atoms with van der Waals surface area (Å²) in [5, 5.41) is 13.5. The molecule has 0 aliphatic carbocycles. The molecule has 0 radical (unpaired) electrons. The van der Waals surface area contributed by atoms with E-state index >= 15 is 0 Å². The van der Waals surface area contributed by atoms with Gasteiger partial charge in [0, 0.05) is 28.2 Å². The molecule has 0 aliphatic heterocycles. The largest absolute Gasteiger partial charge is 0.508 e. The van der Waals surface area contributed by atoms with Crippen molar-refractivity contribution in [3.8, 4) is 11.4 Å². The second-order valence-corrected chi connectivity index (χ2v) is 5.75. The summed E-state index contributed by atoms with van der Waals surface area (Å²) in [6, 6.07) is 18.2. The number of aryl methyl sites for hydroxylation is 1. The van der Waals surface area contributed by atoms with Gasteiger partial charge >= 0.3 is 0 Å². The van der Waals surface area contributed by atoms with E-state index in [0.29, 0.717) is 5.56 Å². The van der Waals surface area contributed by atoms with Gasteiger partial charge in [-0.15, -0.1) is 0 Å². The summed E-state index contributed by atoms with van der Waals surface area (Å²) in [6.07, 6.45) is 1.63. The predicted molar refractivity (Wildman–Crippen MR) is 98.4 cm³/mol. The lowest BCUT2D eigenvalue weighted by molar-refractivity contribution is 0.0954. The third-order valence-corrected chi connectivity index (χ3v) is 3.96. The Bertz CT molecular complexity index is 927.